The van der Waals surface area contributed by atoms with Crippen LogP contribution in [0.2, 0.25) is 0 Å². The predicted molar refractivity (Wildman–Crippen MR) is 41.0 cm³/mol. The van der Waals surface area contributed by atoms with E-state index >= 15 is 0 Å². The normalized spacial score (nSPS) is 10.4. The Kier molecular flexibility index (Phi) is 3.04. The first-order chi connectivity index (χ1) is 5.38. The van der Waals surface area contributed by atoms with Crippen LogP contribution < -0.4 is 5.73 Å². The van der Waals surface area contributed by atoms with Crippen molar-refractivity contribution in [2.45, 2.75) is 13.0 Å². The number of alkyl halides is 1. The van der Waals surface area contributed by atoms with E-state index < -0.39 is 0 Å². The van der Waals surface area contributed by atoms with Crippen LogP contribution in [0.3, 0.4) is 0 Å². The molecule has 0 amide bonds. The Balaban J connectivity index is 2.62. The smallest absolute Gasteiger partial charge is 0.109 e. The SMILES string of the molecule is NCCc1ccnn1CCF. The molecule has 62 valence electrons. The molecular weight excluding hydrogens is 145 g/mol. The van der Waals surface area contributed by atoms with Crippen LogP contribution in [0.25, 0.3) is 0 Å². The molecule has 0 aliphatic heterocycles. The zero-order valence-corrected chi connectivity index (χ0v) is 6.33. The first kappa shape index (κ1) is 8.20. The summed E-state index contributed by atoms with van der Waals surface area (Å²) in [5, 5.41) is 3.95. The lowest BCUT2D eigenvalue weighted by atomic mass is 10.3. The fraction of sp³-hybridized carbons (Fsp3) is 0.571. The summed E-state index contributed by atoms with van der Waals surface area (Å²) in [6.45, 7) is 0.541. The highest BCUT2D eigenvalue weighted by Crippen LogP contribution is 1.98. The predicted octanol–water partition coefficient (Wildman–Crippen LogP) is 0.354. The quantitative estimate of drug-likeness (QED) is 0.685. The third-order valence-corrected chi connectivity index (χ3v) is 1.50. The number of hydrogen-bond donors (Lipinski definition) is 1. The van der Waals surface area contributed by atoms with Gasteiger partial charge in [0.2, 0.25) is 0 Å². The second-order valence-electron chi connectivity index (χ2n) is 2.27. The maximum atomic E-state index is 11.9. The molecule has 0 atom stereocenters. The first-order valence-electron chi connectivity index (χ1n) is 3.65. The third-order valence-electron chi connectivity index (χ3n) is 1.50. The Morgan fingerprint density at radius 3 is 3.09 bits per heavy atom. The molecule has 2 N–H and O–H groups in total. The zero-order valence-electron chi connectivity index (χ0n) is 6.33. The summed E-state index contributed by atoms with van der Waals surface area (Å²) in [5.41, 5.74) is 6.35. The topological polar surface area (TPSA) is 43.8 Å². The van der Waals surface area contributed by atoms with Crippen LogP contribution in [0.5, 0.6) is 0 Å². The van der Waals surface area contributed by atoms with Gasteiger partial charge in [0.1, 0.15) is 6.67 Å². The van der Waals surface area contributed by atoms with E-state index in [4.69, 9.17) is 5.73 Å². The largest absolute Gasteiger partial charge is 0.330 e. The molecule has 0 saturated heterocycles. The number of rotatable bonds is 4. The summed E-state index contributed by atoms with van der Waals surface area (Å²) in [6.07, 6.45) is 2.43. The van der Waals surface area contributed by atoms with Crippen molar-refractivity contribution in [2.75, 3.05) is 13.2 Å². The van der Waals surface area contributed by atoms with Gasteiger partial charge in [0.05, 0.1) is 6.54 Å². The Bertz CT molecular complexity index is 189. The molecule has 1 heterocycles. The van der Waals surface area contributed by atoms with E-state index in [1.54, 1.807) is 10.9 Å². The molecule has 1 rings (SSSR count). The molecule has 0 aromatic carbocycles. The highest BCUT2D eigenvalue weighted by molar-refractivity contribution is 5.00. The van der Waals surface area contributed by atoms with E-state index in [-0.39, 0.29) is 6.67 Å². The van der Waals surface area contributed by atoms with Gasteiger partial charge >= 0.3 is 0 Å². The van der Waals surface area contributed by atoms with Crippen molar-refractivity contribution in [3.05, 3.63) is 18.0 Å². The van der Waals surface area contributed by atoms with Crippen LogP contribution in [0, 0.1) is 0 Å². The highest BCUT2D eigenvalue weighted by Gasteiger charge is 1.99. The van der Waals surface area contributed by atoms with Gasteiger partial charge < -0.3 is 5.73 Å². The maximum Gasteiger partial charge on any atom is 0.109 e. The molecular formula is C7H12FN3. The minimum Gasteiger partial charge on any atom is -0.330 e. The first-order valence-corrected chi connectivity index (χ1v) is 3.65. The average molecular weight is 157 g/mol. The molecule has 1 aromatic heterocycles. The lowest BCUT2D eigenvalue weighted by Gasteiger charge is -2.02. The van der Waals surface area contributed by atoms with E-state index in [0.717, 1.165) is 12.1 Å². The van der Waals surface area contributed by atoms with E-state index in [0.29, 0.717) is 13.1 Å². The van der Waals surface area contributed by atoms with Crippen LogP contribution in [0.15, 0.2) is 12.3 Å². The summed E-state index contributed by atoms with van der Waals surface area (Å²) < 4.78 is 13.5. The van der Waals surface area contributed by atoms with Gasteiger partial charge in [0.25, 0.3) is 0 Å². The van der Waals surface area contributed by atoms with Gasteiger partial charge in [0, 0.05) is 18.3 Å². The number of aryl methyl sites for hydroxylation is 1. The number of halogens is 1. The Hall–Kier alpha value is -0.900. The number of nitrogens with two attached hydrogens (primary N) is 1. The van der Waals surface area contributed by atoms with E-state index in [1.165, 1.54) is 0 Å². The molecule has 4 heteroatoms. The molecule has 0 bridgehead atoms. The Morgan fingerprint density at radius 2 is 2.45 bits per heavy atom. The monoisotopic (exact) mass is 157 g/mol. The molecule has 0 aliphatic rings. The van der Waals surface area contributed by atoms with Gasteiger partial charge in [0.15, 0.2) is 0 Å². The molecule has 0 aliphatic carbocycles. The van der Waals surface area contributed by atoms with Crippen LogP contribution in [-0.4, -0.2) is 23.0 Å². The van der Waals surface area contributed by atoms with Gasteiger partial charge in [-0.25, -0.2) is 4.39 Å². The molecule has 0 radical (unpaired) electrons. The highest BCUT2D eigenvalue weighted by atomic mass is 19.1. The summed E-state index contributed by atoms with van der Waals surface area (Å²) >= 11 is 0. The minimum absolute atomic E-state index is 0.336. The summed E-state index contributed by atoms with van der Waals surface area (Å²) in [7, 11) is 0. The third kappa shape index (κ3) is 2.01. The van der Waals surface area contributed by atoms with Crippen molar-refractivity contribution in [3.8, 4) is 0 Å². The number of nitrogens with zero attached hydrogens (tertiary/aromatic N) is 2. The molecule has 0 unspecified atom stereocenters. The van der Waals surface area contributed by atoms with Gasteiger partial charge in [-0.15, -0.1) is 0 Å². The molecule has 0 spiro atoms. The lowest BCUT2D eigenvalue weighted by molar-refractivity contribution is 0.420. The molecule has 11 heavy (non-hydrogen) atoms. The van der Waals surface area contributed by atoms with Crippen molar-refractivity contribution in [3.63, 3.8) is 0 Å². The van der Waals surface area contributed by atoms with Crippen LogP contribution >= 0.6 is 0 Å². The standard InChI is InChI=1S/C7H12FN3/c8-3-6-11-7(1-4-9)2-5-10-11/h2,5H,1,3-4,6,9H2. The summed E-state index contributed by atoms with van der Waals surface area (Å²) in [5.74, 6) is 0. The lowest BCUT2D eigenvalue weighted by Crippen LogP contribution is -2.11. The fourth-order valence-corrected chi connectivity index (χ4v) is 1.00. The Labute approximate surface area is 65.0 Å². The van der Waals surface area contributed by atoms with Crippen molar-refractivity contribution >= 4 is 0 Å². The van der Waals surface area contributed by atoms with Crippen LogP contribution in [0.1, 0.15) is 5.69 Å². The Morgan fingerprint density at radius 1 is 1.64 bits per heavy atom. The van der Waals surface area contributed by atoms with Gasteiger partial charge in [-0.05, 0) is 12.6 Å². The van der Waals surface area contributed by atoms with Gasteiger partial charge in [-0.1, -0.05) is 0 Å². The number of hydrogen-bond acceptors (Lipinski definition) is 2. The molecule has 0 saturated carbocycles. The second kappa shape index (κ2) is 4.08. The number of aromatic nitrogens is 2. The fourth-order valence-electron chi connectivity index (χ4n) is 1.00. The summed E-state index contributed by atoms with van der Waals surface area (Å²) in [4.78, 5) is 0. The van der Waals surface area contributed by atoms with Crippen molar-refractivity contribution in [1.29, 1.82) is 0 Å². The molecule has 3 nitrogen and oxygen atoms in total. The summed E-state index contributed by atoms with van der Waals surface area (Å²) in [6, 6.07) is 1.86. The average Bonchev–Trinajstić information content (AvgIpc) is 2.39. The van der Waals surface area contributed by atoms with Crippen molar-refractivity contribution in [1.82, 2.24) is 9.78 Å². The maximum absolute atomic E-state index is 11.9. The van der Waals surface area contributed by atoms with E-state index in [9.17, 15) is 4.39 Å². The van der Waals surface area contributed by atoms with Gasteiger partial charge in [-0.2, -0.15) is 5.10 Å². The van der Waals surface area contributed by atoms with Crippen molar-refractivity contribution in [2.24, 2.45) is 5.73 Å². The second-order valence-corrected chi connectivity index (χ2v) is 2.27. The molecule has 0 fully saturated rings. The molecule has 1 aromatic rings. The van der Waals surface area contributed by atoms with Crippen LogP contribution in [0.4, 0.5) is 4.39 Å². The van der Waals surface area contributed by atoms with Crippen molar-refractivity contribution < 1.29 is 4.39 Å². The van der Waals surface area contributed by atoms with E-state index in [1.807, 2.05) is 6.07 Å². The van der Waals surface area contributed by atoms with Crippen LogP contribution in [-0.2, 0) is 13.0 Å². The minimum atomic E-state index is -0.376. The zero-order chi connectivity index (χ0) is 8.10. The van der Waals surface area contributed by atoms with Gasteiger partial charge in [-0.3, -0.25) is 4.68 Å². The van der Waals surface area contributed by atoms with E-state index in [2.05, 4.69) is 5.10 Å².